The van der Waals surface area contributed by atoms with Crippen LogP contribution in [0.5, 0.6) is 0 Å². The van der Waals surface area contributed by atoms with Crippen LogP contribution in [0.1, 0.15) is 22.5 Å². The van der Waals surface area contributed by atoms with Gasteiger partial charge in [0.2, 0.25) is 0 Å². The average molecular weight is 454 g/mol. The largest absolute Gasteiger partial charge is 0.282 e. The monoisotopic (exact) mass is 453 g/mol. The van der Waals surface area contributed by atoms with E-state index in [1.807, 2.05) is 0 Å². The molecular weight excluding hydrogens is 432 g/mol. The number of halogens is 1. The summed E-state index contributed by atoms with van der Waals surface area (Å²) in [7, 11) is 0. The molecule has 1 aliphatic rings. The second-order valence-corrected chi connectivity index (χ2v) is 8.46. The van der Waals surface area contributed by atoms with Crippen molar-refractivity contribution in [1.82, 2.24) is 4.57 Å². The zero-order valence-corrected chi connectivity index (χ0v) is 18.2. The minimum absolute atomic E-state index is 0.842. The molecule has 0 bridgehead atoms. The Morgan fingerprint density at radius 1 is 0.767 bits per heavy atom. The zero-order valence-electron chi connectivity index (χ0n) is 16.6. The number of aromatic nitrogens is 2. The summed E-state index contributed by atoms with van der Waals surface area (Å²) in [5, 5.41) is 0. The van der Waals surface area contributed by atoms with E-state index in [-0.39, 0.29) is 0 Å². The van der Waals surface area contributed by atoms with Gasteiger partial charge in [-0.25, -0.2) is 9.13 Å². The summed E-state index contributed by atoms with van der Waals surface area (Å²) >= 11 is 3.53. The topological polar surface area (TPSA) is 8.81 Å². The summed E-state index contributed by atoms with van der Waals surface area (Å²) in [5.41, 5.74) is 6.33. The van der Waals surface area contributed by atoms with E-state index in [0.29, 0.717) is 0 Å². The smallest absolute Gasteiger partial charge is 0.226 e. The van der Waals surface area contributed by atoms with Crippen LogP contribution in [0, 0.1) is 0 Å². The average Bonchev–Trinajstić information content (AvgIpc) is 3.04. The SMILES string of the molecule is Brc1ccc(Cn2cc[n+]3c2C=C(c2ccccc2)C=C(c2ccccc2)C3)cc1. The standard InChI is InChI=1S/C27H22BrN2/c28-26-13-11-21(12-14-26)19-29-15-16-30-20-25(23-9-5-2-6-10-23)17-24(18-27(29)30)22-7-3-1-4-8-22/h1-18H,19-20H2/q+1. The van der Waals surface area contributed by atoms with Gasteiger partial charge < -0.3 is 0 Å². The van der Waals surface area contributed by atoms with Gasteiger partial charge >= 0.3 is 0 Å². The van der Waals surface area contributed by atoms with Gasteiger partial charge in [-0.15, -0.1) is 0 Å². The lowest BCUT2D eigenvalue weighted by Gasteiger charge is -2.06. The zero-order chi connectivity index (χ0) is 20.3. The first-order valence-corrected chi connectivity index (χ1v) is 10.9. The third-order valence-corrected chi connectivity index (χ3v) is 6.02. The van der Waals surface area contributed by atoms with E-state index in [1.165, 1.54) is 33.7 Å². The van der Waals surface area contributed by atoms with E-state index >= 15 is 0 Å². The van der Waals surface area contributed by atoms with Crippen LogP contribution in [0.4, 0.5) is 0 Å². The van der Waals surface area contributed by atoms with Crippen molar-refractivity contribution in [2.75, 3.05) is 0 Å². The van der Waals surface area contributed by atoms with Crippen molar-refractivity contribution in [2.24, 2.45) is 0 Å². The van der Waals surface area contributed by atoms with E-state index in [0.717, 1.165) is 17.6 Å². The highest BCUT2D eigenvalue weighted by molar-refractivity contribution is 9.10. The Kier molecular flexibility index (Phi) is 5.20. The number of hydrogen-bond donors (Lipinski definition) is 0. The fourth-order valence-electron chi connectivity index (χ4n) is 3.92. The van der Waals surface area contributed by atoms with Crippen LogP contribution in [-0.2, 0) is 13.1 Å². The van der Waals surface area contributed by atoms with E-state index in [1.54, 1.807) is 0 Å². The molecule has 0 saturated carbocycles. The highest BCUT2D eigenvalue weighted by Gasteiger charge is 2.21. The highest BCUT2D eigenvalue weighted by Crippen LogP contribution is 2.27. The minimum Gasteiger partial charge on any atom is -0.226 e. The van der Waals surface area contributed by atoms with Crippen LogP contribution in [-0.4, -0.2) is 4.57 Å². The number of nitrogens with zero attached hydrogens (tertiary/aromatic N) is 2. The van der Waals surface area contributed by atoms with Crippen LogP contribution in [0.2, 0.25) is 0 Å². The lowest BCUT2D eigenvalue weighted by atomic mass is 9.99. The molecule has 0 spiro atoms. The molecule has 3 aromatic carbocycles. The first-order chi connectivity index (χ1) is 14.8. The molecule has 3 heteroatoms. The maximum atomic E-state index is 3.53. The van der Waals surface area contributed by atoms with E-state index in [4.69, 9.17) is 0 Å². The molecular formula is C27H22BrN2+. The quantitative estimate of drug-likeness (QED) is 0.324. The number of imidazole rings is 1. The molecule has 30 heavy (non-hydrogen) atoms. The molecule has 0 amide bonds. The van der Waals surface area contributed by atoms with Crippen LogP contribution in [0.3, 0.4) is 0 Å². The van der Waals surface area contributed by atoms with Crippen molar-refractivity contribution >= 4 is 33.2 Å². The second kappa shape index (κ2) is 8.29. The van der Waals surface area contributed by atoms with Crippen molar-refractivity contribution in [1.29, 1.82) is 0 Å². The fourth-order valence-corrected chi connectivity index (χ4v) is 4.18. The van der Waals surface area contributed by atoms with Crippen LogP contribution >= 0.6 is 15.9 Å². The van der Waals surface area contributed by atoms with Crippen molar-refractivity contribution in [3.05, 3.63) is 130 Å². The summed E-state index contributed by atoms with van der Waals surface area (Å²) in [6, 6.07) is 29.9. The maximum Gasteiger partial charge on any atom is 0.282 e. The molecule has 0 aliphatic carbocycles. The summed E-state index contributed by atoms with van der Waals surface area (Å²) in [6.07, 6.45) is 9.02. The number of hydrogen-bond acceptors (Lipinski definition) is 0. The molecule has 0 fully saturated rings. The molecule has 4 aromatic rings. The van der Waals surface area contributed by atoms with Gasteiger partial charge in [0.25, 0.3) is 5.82 Å². The van der Waals surface area contributed by atoms with Gasteiger partial charge in [0, 0.05) is 16.1 Å². The van der Waals surface area contributed by atoms with Gasteiger partial charge in [-0.2, -0.15) is 0 Å². The van der Waals surface area contributed by atoms with E-state index in [2.05, 4.69) is 135 Å². The van der Waals surface area contributed by atoms with Crippen LogP contribution in [0.15, 0.2) is 108 Å². The van der Waals surface area contributed by atoms with Gasteiger partial charge in [-0.05, 0) is 40.5 Å². The molecule has 0 N–H and O–H groups in total. The predicted octanol–water partition coefficient (Wildman–Crippen LogP) is 6.22. The van der Waals surface area contributed by atoms with Crippen molar-refractivity contribution in [3.63, 3.8) is 0 Å². The van der Waals surface area contributed by atoms with Gasteiger partial charge in [0.05, 0.1) is 0 Å². The van der Waals surface area contributed by atoms with Gasteiger partial charge in [0.1, 0.15) is 25.5 Å². The first kappa shape index (κ1) is 18.8. The summed E-state index contributed by atoms with van der Waals surface area (Å²) in [4.78, 5) is 0. The molecule has 2 nitrogen and oxygen atoms in total. The fraction of sp³-hybridized carbons (Fsp3) is 0.0741. The molecule has 0 radical (unpaired) electrons. The Morgan fingerprint density at radius 2 is 1.43 bits per heavy atom. The lowest BCUT2D eigenvalue weighted by molar-refractivity contribution is -0.685. The molecule has 0 unspecified atom stereocenters. The van der Waals surface area contributed by atoms with Gasteiger partial charge in [-0.1, -0.05) is 88.7 Å². The number of allylic oxidation sites excluding steroid dienone is 3. The molecule has 5 rings (SSSR count). The van der Waals surface area contributed by atoms with Crippen molar-refractivity contribution in [2.45, 2.75) is 13.1 Å². The summed E-state index contributed by atoms with van der Waals surface area (Å²) in [5.74, 6) is 1.21. The Balaban J connectivity index is 1.60. The van der Waals surface area contributed by atoms with Crippen LogP contribution < -0.4 is 4.57 Å². The Labute approximate surface area is 185 Å². The molecule has 0 atom stereocenters. The van der Waals surface area contributed by atoms with Gasteiger partial charge in [-0.3, -0.25) is 0 Å². The third kappa shape index (κ3) is 3.94. The number of fused-ring (bicyclic) bond motifs is 1. The lowest BCUT2D eigenvalue weighted by Crippen LogP contribution is -2.35. The third-order valence-electron chi connectivity index (χ3n) is 5.49. The second-order valence-electron chi connectivity index (χ2n) is 7.54. The number of benzene rings is 3. The van der Waals surface area contributed by atoms with Crippen molar-refractivity contribution in [3.8, 4) is 0 Å². The predicted molar refractivity (Wildman–Crippen MR) is 127 cm³/mol. The molecule has 0 saturated heterocycles. The first-order valence-electron chi connectivity index (χ1n) is 10.1. The molecule has 2 heterocycles. The number of rotatable bonds is 4. The van der Waals surface area contributed by atoms with Crippen LogP contribution in [0.25, 0.3) is 17.2 Å². The molecule has 1 aromatic heterocycles. The van der Waals surface area contributed by atoms with Crippen molar-refractivity contribution < 1.29 is 4.57 Å². The summed E-state index contributed by atoms with van der Waals surface area (Å²) in [6.45, 7) is 1.69. The highest BCUT2D eigenvalue weighted by atomic mass is 79.9. The normalized spacial score (nSPS) is 13.2. The maximum absolute atomic E-state index is 3.53. The Hall–Kier alpha value is -3.17. The molecule has 1 aliphatic heterocycles. The Morgan fingerprint density at radius 3 is 2.13 bits per heavy atom. The van der Waals surface area contributed by atoms with E-state index in [9.17, 15) is 0 Å². The van der Waals surface area contributed by atoms with E-state index < -0.39 is 0 Å². The summed E-state index contributed by atoms with van der Waals surface area (Å²) < 4.78 is 5.77. The molecule has 146 valence electrons. The minimum atomic E-state index is 0.842. The van der Waals surface area contributed by atoms with Gasteiger partial charge in [0.15, 0.2) is 0 Å². The Bertz CT molecular complexity index is 1220.